The van der Waals surface area contributed by atoms with Crippen LogP contribution in [-0.2, 0) is 4.74 Å². The van der Waals surface area contributed by atoms with Gasteiger partial charge in [-0.1, -0.05) is 13.8 Å². The van der Waals surface area contributed by atoms with Crippen LogP contribution in [0.5, 0.6) is 0 Å². The van der Waals surface area contributed by atoms with Crippen molar-refractivity contribution in [3.05, 3.63) is 21.9 Å². The van der Waals surface area contributed by atoms with E-state index in [0.717, 1.165) is 0 Å². The Morgan fingerprint density at radius 2 is 2.25 bits per heavy atom. The summed E-state index contributed by atoms with van der Waals surface area (Å²) in [6, 6.07) is 3.87. The lowest BCUT2D eigenvalue weighted by Gasteiger charge is -1.99. The summed E-state index contributed by atoms with van der Waals surface area (Å²) in [5, 5.41) is 0. The van der Waals surface area contributed by atoms with Crippen molar-refractivity contribution >= 4 is 17.3 Å². The van der Waals surface area contributed by atoms with E-state index in [9.17, 15) is 4.79 Å². The second kappa shape index (κ2) is 3.86. The molecule has 1 aromatic heterocycles. The Morgan fingerprint density at radius 1 is 1.56 bits per heavy atom. The molecule has 88 valence electrons. The van der Waals surface area contributed by atoms with E-state index in [2.05, 4.69) is 13.8 Å². The Labute approximate surface area is 99.6 Å². The van der Waals surface area contributed by atoms with Crippen LogP contribution in [0.3, 0.4) is 0 Å². The molecular formula is C12H17NO2S. The highest BCUT2D eigenvalue weighted by atomic mass is 32.1. The number of carbonyl (C=O) groups excluding carboxylic acids is 1. The molecule has 1 saturated carbocycles. The van der Waals surface area contributed by atoms with E-state index in [4.69, 9.17) is 10.5 Å². The standard InChI is InChI=1S/C12H17NO2S/c1-12(2)7(6-13)10(12)8-4-5-9(16-8)11(14)15-3/h4-5,7,10H,6,13H2,1-3H3/t7-,10+/m0/s1. The normalized spacial score (nSPS) is 26.5. The second-order valence-electron chi connectivity index (χ2n) is 4.83. The van der Waals surface area contributed by atoms with Crippen LogP contribution < -0.4 is 5.73 Å². The van der Waals surface area contributed by atoms with E-state index in [1.54, 1.807) is 0 Å². The molecule has 1 aliphatic carbocycles. The third-order valence-corrected chi connectivity index (χ3v) is 4.77. The van der Waals surface area contributed by atoms with Gasteiger partial charge >= 0.3 is 5.97 Å². The minimum atomic E-state index is -0.251. The third-order valence-electron chi connectivity index (χ3n) is 3.62. The number of thiophene rings is 1. The molecule has 4 heteroatoms. The maximum absolute atomic E-state index is 11.3. The van der Waals surface area contributed by atoms with Gasteiger partial charge in [-0.2, -0.15) is 0 Å². The SMILES string of the molecule is COC(=O)c1ccc([C@H]2[C@H](CN)C2(C)C)s1. The summed E-state index contributed by atoms with van der Waals surface area (Å²) >= 11 is 1.53. The predicted molar refractivity (Wildman–Crippen MR) is 64.7 cm³/mol. The number of hydrogen-bond donors (Lipinski definition) is 1. The van der Waals surface area contributed by atoms with Crippen LogP contribution in [0.4, 0.5) is 0 Å². The van der Waals surface area contributed by atoms with Gasteiger partial charge in [0.25, 0.3) is 0 Å². The Bertz CT molecular complexity index is 411. The first-order valence-corrected chi connectivity index (χ1v) is 6.22. The Morgan fingerprint density at radius 3 is 2.75 bits per heavy atom. The number of ether oxygens (including phenoxy) is 1. The molecule has 0 aromatic carbocycles. The van der Waals surface area contributed by atoms with Crippen LogP contribution in [0.25, 0.3) is 0 Å². The van der Waals surface area contributed by atoms with Crippen molar-refractivity contribution in [3.63, 3.8) is 0 Å². The molecule has 0 radical (unpaired) electrons. The zero-order valence-electron chi connectivity index (χ0n) is 9.82. The summed E-state index contributed by atoms with van der Waals surface area (Å²) in [5.74, 6) is 0.788. The summed E-state index contributed by atoms with van der Waals surface area (Å²) < 4.78 is 4.70. The predicted octanol–water partition coefficient (Wildman–Crippen LogP) is 2.23. The lowest BCUT2D eigenvalue weighted by atomic mass is 10.1. The first-order chi connectivity index (χ1) is 7.52. The highest BCUT2D eigenvalue weighted by Gasteiger charge is 2.57. The van der Waals surface area contributed by atoms with Gasteiger partial charge in [0.05, 0.1) is 7.11 Å². The van der Waals surface area contributed by atoms with Crippen LogP contribution in [0.1, 0.15) is 34.3 Å². The van der Waals surface area contributed by atoms with Gasteiger partial charge in [0, 0.05) is 10.8 Å². The zero-order chi connectivity index (χ0) is 11.9. The summed E-state index contributed by atoms with van der Waals surface area (Å²) in [6.45, 7) is 5.17. The van der Waals surface area contributed by atoms with Gasteiger partial charge < -0.3 is 10.5 Å². The lowest BCUT2D eigenvalue weighted by molar-refractivity contribution is 0.0606. The highest BCUT2D eigenvalue weighted by Crippen LogP contribution is 2.64. The minimum Gasteiger partial charge on any atom is -0.465 e. The van der Waals surface area contributed by atoms with Crippen LogP contribution in [0.15, 0.2) is 12.1 Å². The van der Waals surface area contributed by atoms with Crippen molar-refractivity contribution in [1.82, 2.24) is 0 Å². The molecule has 16 heavy (non-hydrogen) atoms. The van der Waals surface area contributed by atoms with Gasteiger partial charge in [0.15, 0.2) is 0 Å². The smallest absolute Gasteiger partial charge is 0.348 e. The summed E-state index contributed by atoms with van der Waals surface area (Å²) in [4.78, 5) is 13.3. The highest BCUT2D eigenvalue weighted by molar-refractivity contribution is 7.14. The van der Waals surface area contributed by atoms with Gasteiger partial charge in [-0.05, 0) is 30.0 Å². The van der Waals surface area contributed by atoms with E-state index in [0.29, 0.717) is 23.3 Å². The van der Waals surface area contributed by atoms with E-state index in [1.807, 2.05) is 12.1 Å². The molecule has 1 aliphatic rings. The molecule has 3 nitrogen and oxygen atoms in total. The number of methoxy groups -OCH3 is 1. The number of rotatable bonds is 3. The molecular weight excluding hydrogens is 222 g/mol. The van der Waals surface area contributed by atoms with Crippen molar-refractivity contribution < 1.29 is 9.53 Å². The van der Waals surface area contributed by atoms with E-state index in [-0.39, 0.29) is 11.4 Å². The molecule has 0 saturated heterocycles. The Kier molecular flexibility index (Phi) is 2.80. The molecule has 2 atom stereocenters. The fraction of sp³-hybridized carbons (Fsp3) is 0.583. The van der Waals surface area contributed by atoms with Crippen LogP contribution in [-0.4, -0.2) is 19.6 Å². The van der Waals surface area contributed by atoms with Crippen molar-refractivity contribution in [2.45, 2.75) is 19.8 Å². The molecule has 0 unspecified atom stereocenters. The zero-order valence-corrected chi connectivity index (χ0v) is 10.6. The first-order valence-electron chi connectivity index (χ1n) is 5.40. The fourth-order valence-corrected chi connectivity index (χ4v) is 3.77. The van der Waals surface area contributed by atoms with Crippen molar-refractivity contribution in [1.29, 1.82) is 0 Å². The summed E-state index contributed by atoms with van der Waals surface area (Å²) in [5.41, 5.74) is 6.01. The minimum absolute atomic E-state index is 0.251. The molecule has 0 spiro atoms. The maximum Gasteiger partial charge on any atom is 0.348 e. The van der Waals surface area contributed by atoms with Gasteiger partial charge in [0.2, 0.25) is 0 Å². The van der Waals surface area contributed by atoms with Crippen LogP contribution >= 0.6 is 11.3 Å². The molecule has 0 aliphatic heterocycles. The van der Waals surface area contributed by atoms with Gasteiger partial charge in [-0.3, -0.25) is 0 Å². The fourth-order valence-electron chi connectivity index (χ4n) is 2.48. The largest absolute Gasteiger partial charge is 0.465 e. The number of esters is 1. The number of nitrogens with two attached hydrogens (primary N) is 1. The monoisotopic (exact) mass is 239 g/mol. The van der Waals surface area contributed by atoms with Gasteiger partial charge in [-0.15, -0.1) is 11.3 Å². The van der Waals surface area contributed by atoms with Gasteiger partial charge in [-0.25, -0.2) is 4.79 Å². The topological polar surface area (TPSA) is 52.3 Å². The molecule has 1 aromatic rings. The second-order valence-corrected chi connectivity index (χ2v) is 5.95. The lowest BCUT2D eigenvalue weighted by Crippen LogP contribution is -2.05. The maximum atomic E-state index is 11.3. The van der Waals surface area contributed by atoms with E-state index in [1.165, 1.54) is 23.3 Å². The molecule has 2 N–H and O–H groups in total. The Hall–Kier alpha value is -0.870. The van der Waals surface area contributed by atoms with Crippen molar-refractivity contribution in [2.24, 2.45) is 17.1 Å². The molecule has 1 heterocycles. The third kappa shape index (κ3) is 1.66. The number of carbonyl (C=O) groups is 1. The molecule has 1 fully saturated rings. The van der Waals surface area contributed by atoms with Crippen LogP contribution in [0, 0.1) is 11.3 Å². The van der Waals surface area contributed by atoms with Crippen LogP contribution in [0.2, 0.25) is 0 Å². The average molecular weight is 239 g/mol. The molecule has 0 amide bonds. The average Bonchev–Trinajstić information content (AvgIpc) is 2.67. The Balaban J connectivity index is 2.18. The van der Waals surface area contributed by atoms with E-state index < -0.39 is 0 Å². The summed E-state index contributed by atoms with van der Waals surface area (Å²) in [7, 11) is 1.41. The summed E-state index contributed by atoms with van der Waals surface area (Å²) in [6.07, 6.45) is 0. The van der Waals surface area contributed by atoms with Crippen molar-refractivity contribution in [3.8, 4) is 0 Å². The molecule has 0 bridgehead atoms. The van der Waals surface area contributed by atoms with Crippen molar-refractivity contribution in [2.75, 3.05) is 13.7 Å². The quantitative estimate of drug-likeness (QED) is 0.823. The first kappa shape index (κ1) is 11.6. The van der Waals surface area contributed by atoms with Gasteiger partial charge in [0.1, 0.15) is 4.88 Å². The van der Waals surface area contributed by atoms with E-state index >= 15 is 0 Å². The number of hydrogen-bond acceptors (Lipinski definition) is 4. The molecule has 2 rings (SSSR count).